The van der Waals surface area contributed by atoms with E-state index in [1.807, 2.05) is 0 Å². The molecule has 238 valence electrons. The minimum absolute atomic E-state index is 0.302. The van der Waals surface area contributed by atoms with Gasteiger partial charge < -0.3 is 14.2 Å². The molecule has 2 unspecified atom stereocenters. The predicted molar refractivity (Wildman–Crippen MR) is 173 cm³/mol. The number of esters is 1. The van der Waals surface area contributed by atoms with Gasteiger partial charge in [0, 0.05) is 25.4 Å². The first-order chi connectivity index (χ1) is 19.5. The second kappa shape index (κ2) is 31.1. The van der Waals surface area contributed by atoms with Crippen LogP contribution in [0.5, 0.6) is 0 Å². The summed E-state index contributed by atoms with van der Waals surface area (Å²) in [6.45, 7) is 15.1. The Hall–Kier alpha value is -0.870. The highest BCUT2D eigenvalue weighted by Gasteiger charge is 2.17. The summed E-state index contributed by atoms with van der Waals surface area (Å²) in [6.07, 6.45) is 30.4. The molecular formula is C36H70O4. The molecule has 0 aliphatic rings. The van der Waals surface area contributed by atoms with Crippen LogP contribution in [0.1, 0.15) is 175 Å². The third kappa shape index (κ3) is 27.3. The lowest BCUT2D eigenvalue weighted by molar-refractivity contribution is -0.139. The van der Waals surface area contributed by atoms with Crippen LogP contribution in [0.15, 0.2) is 12.2 Å². The first-order valence-electron chi connectivity index (χ1n) is 17.5. The average molecular weight is 567 g/mol. The number of unbranched alkanes of at least 4 members (excludes halogenated alkanes) is 17. The fourth-order valence-electron chi connectivity index (χ4n) is 5.21. The summed E-state index contributed by atoms with van der Waals surface area (Å²) < 4.78 is 17.4. The van der Waals surface area contributed by atoms with E-state index in [0.717, 1.165) is 45.5 Å². The van der Waals surface area contributed by atoms with Crippen molar-refractivity contribution in [3.63, 3.8) is 0 Å². The van der Waals surface area contributed by atoms with Crippen molar-refractivity contribution in [3.05, 3.63) is 12.2 Å². The first-order valence-corrected chi connectivity index (χ1v) is 17.5. The molecule has 0 aromatic rings. The lowest BCUT2D eigenvalue weighted by Crippen LogP contribution is -2.23. The van der Waals surface area contributed by atoms with Crippen LogP contribution in [-0.2, 0) is 19.0 Å². The normalized spacial score (nSPS) is 12.9. The predicted octanol–water partition coefficient (Wildman–Crippen LogP) is 11.2. The van der Waals surface area contributed by atoms with Crippen molar-refractivity contribution in [3.8, 4) is 0 Å². The Labute approximate surface area is 250 Å². The van der Waals surface area contributed by atoms with Crippen LogP contribution in [0.2, 0.25) is 0 Å². The van der Waals surface area contributed by atoms with Crippen molar-refractivity contribution in [1.82, 2.24) is 0 Å². The molecular weight excluding hydrogens is 496 g/mol. The Morgan fingerprint density at radius 1 is 0.575 bits per heavy atom. The van der Waals surface area contributed by atoms with Gasteiger partial charge in [0.15, 0.2) is 0 Å². The van der Waals surface area contributed by atoms with Crippen LogP contribution >= 0.6 is 0 Å². The molecule has 0 spiro atoms. The maximum absolute atomic E-state index is 11.4. The second-order valence-electron chi connectivity index (χ2n) is 12.2. The van der Waals surface area contributed by atoms with E-state index >= 15 is 0 Å². The number of carbonyl (C=O) groups excluding carboxylic acids is 1. The number of rotatable bonds is 32. The molecule has 0 radical (unpaired) electrons. The number of hydrogen-bond acceptors (Lipinski definition) is 4. The van der Waals surface area contributed by atoms with Crippen LogP contribution in [0, 0.1) is 5.92 Å². The highest BCUT2D eigenvalue weighted by Crippen LogP contribution is 2.23. The van der Waals surface area contributed by atoms with Gasteiger partial charge >= 0.3 is 5.97 Å². The van der Waals surface area contributed by atoms with Gasteiger partial charge in [-0.05, 0) is 51.4 Å². The van der Waals surface area contributed by atoms with Crippen molar-refractivity contribution in [1.29, 1.82) is 0 Å². The van der Waals surface area contributed by atoms with Crippen LogP contribution in [0.25, 0.3) is 0 Å². The molecule has 0 fully saturated rings. The fourth-order valence-corrected chi connectivity index (χ4v) is 5.21. The average Bonchev–Trinajstić information content (AvgIpc) is 2.94. The SMILES string of the molecule is C=C(C)C(=O)OCCCCOCCCCOC(CCCCCCCCCCCCC)C(C)CCCCCCCC. The molecule has 0 heterocycles. The molecule has 0 rings (SSSR count). The molecule has 0 aliphatic heterocycles. The van der Waals surface area contributed by atoms with Crippen LogP contribution in [0.3, 0.4) is 0 Å². The zero-order valence-electron chi connectivity index (χ0n) is 27.6. The highest BCUT2D eigenvalue weighted by molar-refractivity contribution is 5.86. The summed E-state index contributed by atoms with van der Waals surface area (Å²) >= 11 is 0. The van der Waals surface area contributed by atoms with E-state index < -0.39 is 0 Å². The maximum Gasteiger partial charge on any atom is 0.333 e. The molecule has 40 heavy (non-hydrogen) atoms. The standard InChI is InChI=1S/C36H70O4/c1-6-8-10-12-14-15-16-17-18-20-22-28-35(34(5)27-21-19-13-11-9-7-2)39-31-25-23-29-38-30-24-26-32-40-36(37)33(3)4/h34-35H,3,6-32H2,1-2,4-5H3. The third-order valence-corrected chi connectivity index (χ3v) is 8.02. The summed E-state index contributed by atoms with van der Waals surface area (Å²) in [5.74, 6) is 0.355. The topological polar surface area (TPSA) is 44.8 Å². The third-order valence-electron chi connectivity index (χ3n) is 8.02. The van der Waals surface area contributed by atoms with Crippen molar-refractivity contribution in [2.45, 2.75) is 181 Å². The van der Waals surface area contributed by atoms with Gasteiger partial charge in [-0.25, -0.2) is 4.79 Å². The first kappa shape index (κ1) is 39.1. The van der Waals surface area contributed by atoms with Gasteiger partial charge in [0.05, 0.1) is 12.7 Å². The molecule has 4 nitrogen and oxygen atoms in total. The van der Waals surface area contributed by atoms with Crippen LogP contribution in [0.4, 0.5) is 0 Å². The Morgan fingerprint density at radius 2 is 1.00 bits per heavy atom. The molecule has 0 aromatic carbocycles. The van der Waals surface area contributed by atoms with Crippen molar-refractivity contribution >= 4 is 5.97 Å². The van der Waals surface area contributed by atoms with Crippen LogP contribution in [-0.4, -0.2) is 38.5 Å². The zero-order valence-corrected chi connectivity index (χ0v) is 27.6. The van der Waals surface area contributed by atoms with E-state index in [1.165, 1.54) is 122 Å². The van der Waals surface area contributed by atoms with Gasteiger partial charge in [-0.15, -0.1) is 0 Å². The van der Waals surface area contributed by atoms with Gasteiger partial charge in [0.2, 0.25) is 0 Å². The summed E-state index contributed by atoms with van der Waals surface area (Å²) in [5.41, 5.74) is 0.455. The minimum Gasteiger partial charge on any atom is -0.462 e. The van der Waals surface area contributed by atoms with Crippen molar-refractivity contribution in [2.24, 2.45) is 5.92 Å². The van der Waals surface area contributed by atoms with Crippen LogP contribution < -0.4 is 0 Å². The van der Waals surface area contributed by atoms with Gasteiger partial charge in [-0.1, -0.05) is 137 Å². The number of carbonyl (C=O) groups is 1. The Morgan fingerprint density at radius 3 is 1.50 bits per heavy atom. The summed E-state index contributed by atoms with van der Waals surface area (Å²) in [5, 5.41) is 0. The maximum atomic E-state index is 11.4. The molecule has 0 saturated heterocycles. The van der Waals surface area contributed by atoms with Gasteiger partial charge in [0.1, 0.15) is 0 Å². The monoisotopic (exact) mass is 567 g/mol. The van der Waals surface area contributed by atoms with E-state index in [0.29, 0.717) is 24.2 Å². The molecule has 2 atom stereocenters. The molecule has 0 aliphatic carbocycles. The van der Waals surface area contributed by atoms with Gasteiger partial charge in [-0.2, -0.15) is 0 Å². The lowest BCUT2D eigenvalue weighted by atomic mass is 9.93. The largest absolute Gasteiger partial charge is 0.462 e. The minimum atomic E-state index is -0.302. The Bertz CT molecular complexity index is 547. The molecule has 0 aromatic heterocycles. The number of hydrogen-bond donors (Lipinski definition) is 0. The van der Waals surface area contributed by atoms with E-state index in [9.17, 15) is 4.79 Å². The summed E-state index contributed by atoms with van der Waals surface area (Å²) in [7, 11) is 0. The van der Waals surface area contributed by atoms with Gasteiger partial charge in [-0.3, -0.25) is 0 Å². The quantitative estimate of drug-likeness (QED) is 0.0461. The van der Waals surface area contributed by atoms with E-state index in [1.54, 1.807) is 6.92 Å². The molecule has 0 saturated carbocycles. The van der Waals surface area contributed by atoms with E-state index in [2.05, 4.69) is 27.4 Å². The van der Waals surface area contributed by atoms with E-state index in [4.69, 9.17) is 14.2 Å². The molecule has 0 bridgehead atoms. The Kier molecular flexibility index (Phi) is 30.4. The fraction of sp³-hybridized carbons (Fsp3) is 0.917. The smallest absolute Gasteiger partial charge is 0.333 e. The Balaban J connectivity index is 4.02. The van der Waals surface area contributed by atoms with Crippen molar-refractivity contribution in [2.75, 3.05) is 26.4 Å². The van der Waals surface area contributed by atoms with Crippen molar-refractivity contribution < 1.29 is 19.0 Å². The van der Waals surface area contributed by atoms with E-state index in [-0.39, 0.29) is 5.97 Å². The number of ether oxygens (including phenoxy) is 3. The molecule has 4 heteroatoms. The zero-order chi connectivity index (χ0) is 29.5. The lowest BCUT2D eigenvalue weighted by Gasteiger charge is -2.25. The molecule has 0 N–H and O–H groups in total. The highest BCUT2D eigenvalue weighted by atomic mass is 16.5. The summed E-state index contributed by atoms with van der Waals surface area (Å²) in [4.78, 5) is 11.4. The molecule has 0 amide bonds. The second-order valence-corrected chi connectivity index (χ2v) is 12.2. The summed E-state index contributed by atoms with van der Waals surface area (Å²) in [6, 6.07) is 0. The van der Waals surface area contributed by atoms with Gasteiger partial charge in [0.25, 0.3) is 0 Å².